The number of alkyl halides is 1. The fraction of sp³-hybridized carbons (Fsp3) is 0.391. The van der Waals surface area contributed by atoms with Crippen LogP contribution in [0.2, 0.25) is 0 Å². The number of halogens is 1. The molecule has 0 saturated heterocycles. The minimum absolute atomic E-state index is 0.144. The number of pyridine rings is 2. The molecule has 0 fully saturated rings. The highest BCUT2D eigenvalue weighted by Gasteiger charge is 2.11. The number of fused-ring (bicyclic) bond motifs is 1. The van der Waals surface area contributed by atoms with E-state index in [4.69, 9.17) is 9.72 Å². The normalized spacial score (nSPS) is 13.2. The summed E-state index contributed by atoms with van der Waals surface area (Å²) in [6, 6.07) is 5.78. The van der Waals surface area contributed by atoms with Crippen molar-refractivity contribution in [3.8, 4) is 17.0 Å². The van der Waals surface area contributed by atoms with Gasteiger partial charge in [0, 0.05) is 45.0 Å². The Morgan fingerprint density at radius 1 is 1.27 bits per heavy atom. The van der Waals surface area contributed by atoms with Crippen LogP contribution in [0.5, 0.6) is 5.75 Å². The molecule has 2 N–H and O–H groups in total. The second-order valence-electron chi connectivity index (χ2n) is 6.74. The predicted octanol–water partition coefficient (Wildman–Crippen LogP) is 2.33. The van der Waals surface area contributed by atoms with Crippen LogP contribution in [0.15, 0.2) is 36.2 Å². The lowest BCUT2D eigenvalue weighted by Crippen LogP contribution is -2.27. The molecule has 0 spiro atoms. The van der Waals surface area contributed by atoms with Gasteiger partial charge in [-0.25, -0.2) is 14.4 Å². The number of hydrogen-bond donors (Lipinski definition) is 2. The standard InChI is InChI=1S/C21H25FN4O2.C2H6/c1-23-21-20(28-13-17(27)11-22)10-15(12-24-21)19-8-5-14-4-6-16(26(2)3)7-9-18(14)25-19;1-2/h4-5,7-10,12,17,27H,6,11,13H2,1-3H3,(H,23,24);1-2H3. The molecule has 2 heterocycles. The summed E-state index contributed by atoms with van der Waals surface area (Å²) in [4.78, 5) is 11.2. The Labute approximate surface area is 177 Å². The number of ether oxygens (including phenoxy) is 1. The molecule has 162 valence electrons. The van der Waals surface area contributed by atoms with Crippen molar-refractivity contribution in [2.24, 2.45) is 0 Å². The Kier molecular flexibility index (Phi) is 8.80. The Hall–Kier alpha value is -2.93. The van der Waals surface area contributed by atoms with Crippen molar-refractivity contribution in [2.45, 2.75) is 26.4 Å². The third-order valence-electron chi connectivity index (χ3n) is 4.49. The van der Waals surface area contributed by atoms with Gasteiger partial charge in [-0.3, -0.25) is 0 Å². The van der Waals surface area contributed by atoms with Crippen molar-refractivity contribution in [3.63, 3.8) is 0 Å². The van der Waals surface area contributed by atoms with E-state index in [1.54, 1.807) is 19.3 Å². The number of aromatic nitrogens is 2. The Morgan fingerprint density at radius 3 is 2.70 bits per heavy atom. The second kappa shape index (κ2) is 11.3. The van der Waals surface area contributed by atoms with Crippen LogP contribution in [0, 0.1) is 0 Å². The average molecular weight is 415 g/mol. The first-order valence-electron chi connectivity index (χ1n) is 10.1. The maximum atomic E-state index is 12.5. The summed E-state index contributed by atoms with van der Waals surface area (Å²) in [5.74, 6) is 0.956. The van der Waals surface area contributed by atoms with Crippen molar-refractivity contribution < 1.29 is 14.2 Å². The summed E-state index contributed by atoms with van der Waals surface area (Å²) in [7, 11) is 5.78. The van der Waals surface area contributed by atoms with E-state index >= 15 is 0 Å². The first-order chi connectivity index (χ1) is 14.5. The molecule has 2 aromatic heterocycles. The van der Waals surface area contributed by atoms with Gasteiger partial charge in [-0.15, -0.1) is 0 Å². The molecule has 3 rings (SSSR count). The van der Waals surface area contributed by atoms with Crippen LogP contribution in [0.25, 0.3) is 23.4 Å². The minimum Gasteiger partial charge on any atom is -0.487 e. The number of anilines is 1. The van der Waals surface area contributed by atoms with Crippen molar-refractivity contribution in [3.05, 3.63) is 46.7 Å². The maximum Gasteiger partial charge on any atom is 0.168 e. The van der Waals surface area contributed by atoms with Crippen LogP contribution < -0.4 is 20.6 Å². The van der Waals surface area contributed by atoms with Crippen LogP contribution in [-0.4, -0.2) is 60.5 Å². The first kappa shape index (κ1) is 23.3. The Balaban J connectivity index is 0.00000155. The van der Waals surface area contributed by atoms with Gasteiger partial charge in [0.25, 0.3) is 0 Å². The molecule has 6 nitrogen and oxygen atoms in total. The number of aliphatic hydroxyl groups excluding tert-OH is 1. The van der Waals surface area contributed by atoms with E-state index < -0.39 is 12.8 Å². The Morgan fingerprint density at radius 2 is 2.03 bits per heavy atom. The summed E-state index contributed by atoms with van der Waals surface area (Å²) in [6.45, 7) is 3.00. The third-order valence-corrected chi connectivity index (χ3v) is 4.49. The summed E-state index contributed by atoms with van der Waals surface area (Å²) in [6.07, 6.45) is 7.65. The van der Waals surface area contributed by atoms with Gasteiger partial charge in [-0.2, -0.15) is 0 Å². The van der Waals surface area contributed by atoms with Crippen LogP contribution in [0.4, 0.5) is 10.2 Å². The van der Waals surface area contributed by atoms with Gasteiger partial charge in [0.2, 0.25) is 0 Å². The molecule has 1 unspecified atom stereocenters. The number of nitrogens with one attached hydrogen (secondary N) is 1. The predicted molar refractivity (Wildman–Crippen MR) is 120 cm³/mol. The minimum atomic E-state index is -1.17. The molecule has 7 heteroatoms. The number of aliphatic hydroxyl groups is 1. The molecule has 30 heavy (non-hydrogen) atoms. The third kappa shape index (κ3) is 5.79. The molecule has 1 atom stereocenters. The SMILES string of the molecule is CC.CNc1ncc(-c2ccc3c(n2)=CC=C(N(C)C)CC=3)cc1OCC(O)CF. The van der Waals surface area contributed by atoms with E-state index in [2.05, 4.69) is 27.4 Å². The fourth-order valence-corrected chi connectivity index (χ4v) is 2.85. The van der Waals surface area contributed by atoms with Crippen molar-refractivity contribution in [2.75, 3.05) is 39.7 Å². The quantitative estimate of drug-likeness (QED) is 0.725. The van der Waals surface area contributed by atoms with Crippen LogP contribution >= 0.6 is 0 Å². The molecule has 0 bridgehead atoms. The van der Waals surface area contributed by atoms with Gasteiger partial charge in [-0.1, -0.05) is 26.0 Å². The lowest BCUT2D eigenvalue weighted by atomic mass is 10.1. The van der Waals surface area contributed by atoms with Crippen LogP contribution in [-0.2, 0) is 0 Å². The lowest BCUT2D eigenvalue weighted by molar-refractivity contribution is 0.0844. The zero-order valence-corrected chi connectivity index (χ0v) is 18.3. The lowest BCUT2D eigenvalue weighted by Gasteiger charge is -2.14. The molecule has 0 radical (unpaired) electrons. The average Bonchev–Trinajstić information content (AvgIpc) is 3.00. The van der Waals surface area contributed by atoms with Gasteiger partial charge >= 0.3 is 0 Å². The van der Waals surface area contributed by atoms with E-state index in [0.717, 1.165) is 28.2 Å². The van der Waals surface area contributed by atoms with E-state index in [0.29, 0.717) is 11.6 Å². The van der Waals surface area contributed by atoms with Crippen molar-refractivity contribution >= 4 is 18.0 Å². The van der Waals surface area contributed by atoms with Crippen molar-refractivity contribution in [1.82, 2.24) is 14.9 Å². The molecular formula is C23H31FN4O2. The largest absolute Gasteiger partial charge is 0.487 e. The molecule has 0 saturated carbocycles. The molecule has 2 aromatic rings. The molecular weight excluding hydrogens is 383 g/mol. The topological polar surface area (TPSA) is 70.5 Å². The molecule has 0 amide bonds. The van der Waals surface area contributed by atoms with Crippen LogP contribution in [0.3, 0.4) is 0 Å². The van der Waals surface area contributed by atoms with Gasteiger partial charge in [0.15, 0.2) is 11.6 Å². The smallest absolute Gasteiger partial charge is 0.168 e. The highest BCUT2D eigenvalue weighted by Crippen LogP contribution is 2.27. The number of rotatable bonds is 7. The van der Waals surface area contributed by atoms with E-state index in [-0.39, 0.29) is 6.61 Å². The number of nitrogens with zero attached hydrogens (tertiary/aromatic N) is 3. The monoisotopic (exact) mass is 414 g/mol. The fourth-order valence-electron chi connectivity index (χ4n) is 2.85. The highest BCUT2D eigenvalue weighted by atomic mass is 19.1. The molecule has 0 aliphatic heterocycles. The number of hydrogen-bond acceptors (Lipinski definition) is 6. The summed E-state index contributed by atoms with van der Waals surface area (Å²) in [5.41, 5.74) is 2.75. The first-order valence-corrected chi connectivity index (χ1v) is 10.1. The summed E-state index contributed by atoms with van der Waals surface area (Å²) < 4.78 is 18.0. The second-order valence-corrected chi connectivity index (χ2v) is 6.74. The summed E-state index contributed by atoms with van der Waals surface area (Å²) >= 11 is 0. The van der Waals surface area contributed by atoms with E-state index in [1.807, 2.05) is 46.2 Å². The van der Waals surface area contributed by atoms with E-state index in [9.17, 15) is 9.50 Å². The Bertz CT molecular complexity index is 989. The zero-order valence-electron chi connectivity index (χ0n) is 18.3. The van der Waals surface area contributed by atoms with Crippen LogP contribution in [0.1, 0.15) is 20.3 Å². The number of allylic oxidation sites excluding steroid dienone is 2. The van der Waals surface area contributed by atoms with E-state index in [1.165, 1.54) is 5.70 Å². The molecule has 0 aromatic carbocycles. The van der Waals surface area contributed by atoms with Gasteiger partial charge in [0.1, 0.15) is 19.4 Å². The maximum absolute atomic E-state index is 12.5. The highest BCUT2D eigenvalue weighted by molar-refractivity contribution is 5.65. The molecule has 1 aliphatic rings. The van der Waals surface area contributed by atoms with Gasteiger partial charge in [0.05, 0.1) is 11.0 Å². The zero-order chi connectivity index (χ0) is 22.1. The summed E-state index contributed by atoms with van der Waals surface area (Å²) in [5, 5.41) is 14.3. The van der Waals surface area contributed by atoms with Gasteiger partial charge < -0.3 is 20.1 Å². The van der Waals surface area contributed by atoms with Crippen molar-refractivity contribution in [1.29, 1.82) is 0 Å². The molecule has 1 aliphatic carbocycles. The van der Waals surface area contributed by atoms with Gasteiger partial charge in [-0.05, 0) is 29.5 Å².